The predicted octanol–water partition coefficient (Wildman–Crippen LogP) is 3.03. The van der Waals surface area contributed by atoms with Gasteiger partial charge in [-0.25, -0.2) is 9.59 Å². The fourth-order valence-electron chi connectivity index (χ4n) is 2.61. The number of para-hydroxylation sites is 1. The number of likely N-dealkylation sites (N-methyl/N-ethyl adjacent to an activating group) is 1. The van der Waals surface area contributed by atoms with E-state index in [1.165, 1.54) is 4.90 Å². The number of ether oxygens (including phenoxy) is 1. The van der Waals surface area contributed by atoms with Crippen LogP contribution in [0, 0.1) is 5.92 Å². The van der Waals surface area contributed by atoms with E-state index in [1.54, 1.807) is 45.2 Å². The van der Waals surface area contributed by atoms with Gasteiger partial charge in [0.2, 0.25) is 0 Å². The number of anilines is 1. The molecule has 7 heteroatoms. The molecule has 0 aliphatic rings. The molecule has 0 aliphatic carbocycles. The van der Waals surface area contributed by atoms with Gasteiger partial charge in [0.15, 0.2) is 6.61 Å². The predicted molar refractivity (Wildman–Crippen MR) is 111 cm³/mol. The van der Waals surface area contributed by atoms with Crippen LogP contribution >= 0.6 is 0 Å². The molecular weight excluding hydrogens is 370 g/mol. The molecule has 0 spiro atoms. The summed E-state index contributed by atoms with van der Waals surface area (Å²) in [7, 11) is 1.65. The third-order valence-corrected chi connectivity index (χ3v) is 4.27. The van der Waals surface area contributed by atoms with E-state index in [0.717, 1.165) is 5.56 Å². The molecule has 29 heavy (non-hydrogen) atoms. The highest BCUT2D eigenvalue weighted by atomic mass is 16.5. The second kappa shape index (κ2) is 10.8. The van der Waals surface area contributed by atoms with Gasteiger partial charge < -0.3 is 20.3 Å². The van der Waals surface area contributed by atoms with Crippen molar-refractivity contribution in [1.29, 1.82) is 0 Å². The number of carbonyl (C=O) groups excluding carboxylic acids is 3. The maximum Gasteiger partial charge on any atom is 0.329 e. The molecule has 0 aromatic heterocycles. The summed E-state index contributed by atoms with van der Waals surface area (Å²) in [6.07, 6.45) is 0. The first kappa shape index (κ1) is 21.9. The Bertz CT molecular complexity index is 809. The zero-order chi connectivity index (χ0) is 21.2. The van der Waals surface area contributed by atoms with Crippen LogP contribution in [0.5, 0.6) is 0 Å². The fraction of sp³-hybridized carbons (Fsp3) is 0.318. The number of amides is 3. The van der Waals surface area contributed by atoms with Crippen molar-refractivity contribution in [2.75, 3.05) is 19.0 Å². The van der Waals surface area contributed by atoms with Gasteiger partial charge in [-0.05, 0) is 23.6 Å². The Morgan fingerprint density at radius 3 is 2.14 bits per heavy atom. The second-order valence-electron chi connectivity index (χ2n) is 7.03. The van der Waals surface area contributed by atoms with E-state index in [4.69, 9.17) is 4.74 Å². The highest BCUT2D eigenvalue weighted by Crippen LogP contribution is 2.08. The van der Waals surface area contributed by atoms with E-state index in [1.807, 2.05) is 36.4 Å². The van der Waals surface area contributed by atoms with Crippen LogP contribution in [0.2, 0.25) is 0 Å². The molecule has 2 aromatic carbocycles. The number of hydrogen-bond acceptors (Lipinski definition) is 4. The standard InChI is InChI=1S/C22H27N3O4/c1-16(2)20(24-22(28)23-18-12-8-5-9-13-18)21(27)29-15-19(26)25(3)14-17-10-6-4-7-11-17/h4-13,16,20H,14-15H2,1-3H3,(H2,23,24,28)/t20-/m1/s1. The van der Waals surface area contributed by atoms with Crippen molar-refractivity contribution < 1.29 is 19.1 Å². The number of urea groups is 1. The van der Waals surface area contributed by atoms with E-state index in [9.17, 15) is 14.4 Å². The molecule has 3 amide bonds. The summed E-state index contributed by atoms with van der Waals surface area (Å²) in [5.74, 6) is -1.18. The highest BCUT2D eigenvalue weighted by Gasteiger charge is 2.26. The molecule has 2 aromatic rings. The first-order valence-corrected chi connectivity index (χ1v) is 9.44. The van der Waals surface area contributed by atoms with Crippen LogP contribution in [0.4, 0.5) is 10.5 Å². The molecule has 0 heterocycles. The fourth-order valence-corrected chi connectivity index (χ4v) is 2.61. The number of nitrogens with one attached hydrogen (secondary N) is 2. The molecule has 0 radical (unpaired) electrons. The van der Waals surface area contributed by atoms with E-state index in [2.05, 4.69) is 10.6 Å². The molecule has 154 valence electrons. The summed E-state index contributed by atoms with van der Waals surface area (Å²) in [5.41, 5.74) is 1.59. The molecule has 7 nitrogen and oxygen atoms in total. The highest BCUT2D eigenvalue weighted by molar-refractivity contribution is 5.93. The van der Waals surface area contributed by atoms with Crippen molar-refractivity contribution in [3.05, 3.63) is 66.2 Å². The molecule has 0 aliphatic heterocycles. The van der Waals surface area contributed by atoms with Crippen LogP contribution in [-0.2, 0) is 20.9 Å². The minimum atomic E-state index is -0.869. The molecular formula is C22H27N3O4. The Morgan fingerprint density at radius 2 is 1.55 bits per heavy atom. The summed E-state index contributed by atoms with van der Waals surface area (Å²) in [4.78, 5) is 38.3. The number of benzene rings is 2. The van der Waals surface area contributed by atoms with Crippen LogP contribution in [0.25, 0.3) is 0 Å². The first-order valence-electron chi connectivity index (χ1n) is 9.44. The molecule has 1 atom stereocenters. The van der Waals surface area contributed by atoms with Gasteiger partial charge in [0.05, 0.1) is 0 Å². The van der Waals surface area contributed by atoms with Crippen molar-refractivity contribution in [3.8, 4) is 0 Å². The number of nitrogens with zero attached hydrogens (tertiary/aromatic N) is 1. The zero-order valence-corrected chi connectivity index (χ0v) is 16.9. The molecule has 0 bridgehead atoms. The van der Waals surface area contributed by atoms with E-state index < -0.39 is 18.0 Å². The summed E-state index contributed by atoms with van der Waals surface area (Å²) in [6, 6.07) is 17.0. The molecule has 0 saturated carbocycles. The van der Waals surface area contributed by atoms with Gasteiger partial charge in [-0.15, -0.1) is 0 Å². The average molecular weight is 397 g/mol. The Hall–Kier alpha value is -3.35. The number of rotatable bonds is 8. The van der Waals surface area contributed by atoms with Crippen molar-refractivity contribution in [2.24, 2.45) is 5.92 Å². The Kier molecular flexibility index (Phi) is 8.21. The Morgan fingerprint density at radius 1 is 0.966 bits per heavy atom. The molecule has 0 fully saturated rings. The van der Waals surface area contributed by atoms with E-state index in [-0.39, 0.29) is 18.4 Å². The van der Waals surface area contributed by atoms with Crippen LogP contribution < -0.4 is 10.6 Å². The lowest BCUT2D eigenvalue weighted by Gasteiger charge is -2.22. The van der Waals surface area contributed by atoms with Crippen LogP contribution in [0.3, 0.4) is 0 Å². The largest absolute Gasteiger partial charge is 0.454 e. The van der Waals surface area contributed by atoms with Crippen LogP contribution in [0.1, 0.15) is 19.4 Å². The molecule has 0 unspecified atom stereocenters. The van der Waals surface area contributed by atoms with Crippen LogP contribution in [0.15, 0.2) is 60.7 Å². The quantitative estimate of drug-likeness (QED) is 0.670. The van der Waals surface area contributed by atoms with Crippen molar-refractivity contribution in [3.63, 3.8) is 0 Å². The topological polar surface area (TPSA) is 87.7 Å². The summed E-state index contributed by atoms with van der Waals surface area (Å²) < 4.78 is 5.16. The number of hydrogen-bond donors (Lipinski definition) is 2. The maximum absolute atomic E-state index is 12.4. The van der Waals surface area contributed by atoms with Crippen molar-refractivity contribution in [1.82, 2.24) is 10.2 Å². The third kappa shape index (κ3) is 7.29. The van der Waals surface area contributed by atoms with Gasteiger partial charge in [-0.3, -0.25) is 4.79 Å². The van der Waals surface area contributed by atoms with Gasteiger partial charge in [0.25, 0.3) is 5.91 Å². The van der Waals surface area contributed by atoms with Gasteiger partial charge >= 0.3 is 12.0 Å². The lowest BCUT2D eigenvalue weighted by Crippen LogP contribution is -2.47. The minimum absolute atomic E-state index is 0.207. The Balaban J connectivity index is 1.85. The van der Waals surface area contributed by atoms with Crippen LogP contribution in [-0.4, -0.2) is 42.5 Å². The SMILES string of the molecule is CC(C)[C@@H](NC(=O)Nc1ccccc1)C(=O)OCC(=O)N(C)Cc1ccccc1. The maximum atomic E-state index is 12.4. The smallest absolute Gasteiger partial charge is 0.329 e. The molecule has 2 rings (SSSR count). The second-order valence-corrected chi connectivity index (χ2v) is 7.03. The summed E-state index contributed by atoms with van der Waals surface area (Å²) in [5, 5.41) is 5.27. The normalized spacial score (nSPS) is 11.4. The minimum Gasteiger partial charge on any atom is -0.454 e. The summed E-state index contributed by atoms with van der Waals surface area (Å²) >= 11 is 0. The number of carbonyl (C=O) groups is 3. The third-order valence-electron chi connectivity index (χ3n) is 4.27. The first-order chi connectivity index (χ1) is 13.9. The van der Waals surface area contributed by atoms with Crippen molar-refractivity contribution in [2.45, 2.75) is 26.4 Å². The van der Waals surface area contributed by atoms with Gasteiger partial charge in [0, 0.05) is 19.3 Å². The average Bonchev–Trinajstić information content (AvgIpc) is 2.71. The van der Waals surface area contributed by atoms with E-state index >= 15 is 0 Å². The van der Waals surface area contributed by atoms with Gasteiger partial charge in [0.1, 0.15) is 6.04 Å². The van der Waals surface area contributed by atoms with E-state index in [0.29, 0.717) is 12.2 Å². The number of esters is 1. The summed E-state index contributed by atoms with van der Waals surface area (Å²) in [6.45, 7) is 3.62. The molecule has 0 saturated heterocycles. The Labute approximate surface area is 171 Å². The lowest BCUT2D eigenvalue weighted by atomic mass is 10.1. The lowest BCUT2D eigenvalue weighted by molar-refractivity contribution is -0.154. The zero-order valence-electron chi connectivity index (χ0n) is 16.9. The van der Waals surface area contributed by atoms with Gasteiger partial charge in [-0.2, -0.15) is 0 Å². The monoisotopic (exact) mass is 397 g/mol. The molecule has 2 N–H and O–H groups in total. The van der Waals surface area contributed by atoms with Gasteiger partial charge in [-0.1, -0.05) is 62.4 Å². The van der Waals surface area contributed by atoms with Crippen molar-refractivity contribution >= 4 is 23.6 Å².